The van der Waals surface area contributed by atoms with E-state index < -0.39 is 0 Å². The zero-order valence-electron chi connectivity index (χ0n) is 12.2. The number of aromatic nitrogens is 2. The Bertz CT molecular complexity index is 620. The SMILES string of the molecule is OCC1CCCN1c1cc(NCc2ccc(F)cc2)ncn1. The molecule has 1 fully saturated rings. The van der Waals surface area contributed by atoms with Crippen LogP contribution >= 0.6 is 0 Å². The maximum Gasteiger partial charge on any atom is 0.134 e. The van der Waals surface area contributed by atoms with Crippen LogP contribution in [0, 0.1) is 5.82 Å². The average molecular weight is 302 g/mol. The van der Waals surface area contributed by atoms with Crippen LogP contribution in [-0.2, 0) is 6.54 Å². The summed E-state index contributed by atoms with van der Waals surface area (Å²) in [6, 6.07) is 8.40. The van der Waals surface area contributed by atoms with Gasteiger partial charge in [0.25, 0.3) is 0 Å². The summed E-state index contributed by atoms with van der Waals surface area (Å²) >= 11 is 0. The molecular formula is C16H19FN4O. The van der Waals surface area contributed by atoms with Crippen LogP contribution in [0.4, 0.5) is 16.0 Å². The molecule has 1 aliphatic heterocycles. The third kappa shape index (κ3) is 3.33. The van der Waals surface area contributed by atoms with Crippen molar-refractivity contribution in [2.45, 2.75) is 25.4 Å². The van der Waals surface area contributed by atoms with Crippen molar-refractivity contribution in [2.75, 3.05) is 23.4 Å². The number of anilines is 2. The molecular weight excluding hydrogens is 283 g/mol. The number of hydrogen-bond donors (Lipinski definition) is 2. The summed E-state index contributed by atoms with van der Waals surface area (Å²) in [6.07, 6.45) is 3.57. The summed E-state index contributed by atoms with van der Waals surface area (Å²) in [4.78, 5) is 10.6. The minimum Gasteiger partial charge on any atom is -0.394 e. The van der Waals surface area contributed by atoms with Gasteiger partial charge >= 0.3 is 0 Å². The van der Waals surface area contributed by atoms with E-state index >= 15 is 0 Å². The maximum absolute atomic E-state index is 12.9. The number of benzene rings is 1. The molecule has 1 aromatic heterocycles. The van der Waals surface area contributed by atoms with Crippen molar-refractivity contribution in [3.05, 3.63) is 48.0 Å². The van der Waals surface area contributed by atoms with E-state index in [9.17, 15) is 9.50 Å². The monoisotopic (exact) mass is 302 g/mol. The first-order valence-electron chi connectivity index (χ1n) is 7.44. The summed E-state index contributed by atoms with van der Waals surface area (Å²) in [5.74, 6) is 1.31. The Morgan fingerprint density at radius 1 is 1.27 bits per heavy atom. The van der Waals surface area contributed by atoms with Crippen LogP contribution in [0.3, 0.4) is 0 Å². The summed E-state index contributed by atoms with van der Waals surface area (Å²) in [7, 11) is 0. The van der Waals surface area contributed by atoms with Crippen LogP contribution in [0.5, 0.6) is 0 Å². The van der Waals surface area contributed by atoms with Crippen molar-refractivity contribution in [2.24, 2.45) is 0 Å². The molecule has 2 N–H and O–H groups in total. The quantitative estimate of drug-likeness (QED) is 0.886. The topological polar surface area (TPSA) is 61.3 Å². The van der Waals surface area contributed by atoms with Gasteiger partial charge < -0.3 is 15.3 Å². The number of nitrogens with one attached hydrogen (secondary N) is 1. The second-order valence-electron chi connectivity index (χ2n) is 5.41. The van der Waals surface area contributed by atoms with Crippen LogP contribution in [0.1, 0.15) is 18.4 Å². The van der Waals surface area contributed by atoms with Crippen molar-refractivity contribution < 1.29 is 9.50 Å². The van der Waals surface area contributed by atoms with Crippen molar-refractivity contribution in [1.82, 2.24) is 9.97 Å². The smallest absolute Gasteiger partial charge is 0.134 e. The van der Waals surface area contributed by atoms with Gasteiger partial charge in [-0.2, -0.15) is 0 Å². The summed E-state index contributed by atoms with van der Waals surface area (Å²) in [5, 5.41) is 12.6. The molecule has 0 amide bonds. The highest BCUT2D eigenvalue weighted by Crippen LogP contribution is 2.24. The van der Waals surface area contributed by atoms with E-state index in [0.717, 1.165) is 36.6 Å². The molecule has 1 unspecified atom stereocenters. The normalized spacial score (nSPS) is 17.7. The second-order valence-corrected chi connectivity index (χ2v) is 5.41. The number of aliphatic hydroxyl groups excluding tert-OH is 1. The van der Waals surface area contributed by atoms with Gasteiger partial charge in [0, 0.05) is 19.2 Å². The van der Waals surface area contributed by atoms with Crippen molar-refractivity contribution in [1.29, 1.82) is 0 Å². The zero-order valence-corrected chi connectivity index (χ0v) is 12.2. The van der Waals surface area contributed by atoms with E-state index in [1.807, 2.05) is 6.07 Å². The van der Waals surface area contributed by atoms with Gasteiger partial charge in [-0.3, -0.25) is 0 Å². The molecule has 1 atom stereocenters. The van der Waals surface area contributed by atoms with E-state index in [-0.39, 0.29) is 18.5 Å². The van der Waals surface area contributed by atoms with Crippen LogP contribution in [0.25, 0.3) is 0 Å². The predicted molar refractivity (Wildman–Crippen MR) is 83.2 cm³/mol. The van der Waals surface area contributed by atoms with E-state index in [4.69, 9.17) is 0 Å². The fraction of sp³-hybridized carbons (Fsp3) is 0.375. The lowest BCUT2D eigenvalue weighted by Gasteiger charge is -2.24. The van der Waals surface area contributed by atoms with Crippen LogP contribution < -0.4 is 10.2 Å². The lowest BCUT2D eigenvalue weighted by Crippen LogP contribution is -2.32. The lowest BCUT2D eigenvalue weighted by atomic mass is 10.2. The van der Waals surface area contributed by atoms with E-state index in [1.165, 1.54) is 18.5 Å². The number of hydrogen-bond acceptors (Lipinski definition) is 5. The molecule has 0 bridgehead atoms. The highest BCUT2D eigenvalue weighted by molar-refractivity contribution is 5.50. The molecule has 5 nitrogen and oxygen atoms in total. The Morgan fingerprint density at radius 3 is 2.86 bits per heavy atom. The first-order valence-corrected chi connectivity index (χ1v) is 7.44. The van der Waals surface area contributed by atoms with Crippen molar-refractivity contribution >= 4 is 11.6 Å². The van der Waals surface area contributed by atoms with Crippen LogP contribution in [0.2, 0.25) is 0 Å². The predicted octanol–water partition coefficient (Wildman–Crippen LogP) is 2.19. The average Bonchev–Trinajstić information content (AvgIpc) is 3.03. The minimum absolute atomic E-state index is 0.139. The molecule has 22 heavy (non-hydrogen) atoms. The molecule has 116 valence electrons. The molecule has 1 aliphatic rings. The van der Waals surface area contributed by atoms with E-state index in [2.05, 4.69) is 20.2 Å². The number of nitrogens with zero attached hydrogens (tertiary/aromatic N) is 3. The van der Waals surface area contributed by atoms with Crippen LogP contribution in [0.15, 0.2) is 36.7 Å². The summed E-state index contributed by atoms with van der Waals surface area (Å²) < 4.78 is 12.9. The van der Waals surface area contributed by atoms with Gasteiger partial charge in [-0.1, -0.05) is 12.1 Å². The largest absolute Gasteiger partial charge is 0.394 e. The molecule has 0 radical (unpaired) electrons. The van der Waals surface area contributed by atoms with Gasteiger partial charge in [-0.05, 0) is 30.5 Å². The fourth-order valence-corrected chi connectivity index (χ4v) is 2.72. The zero-order chi connectivity index (χ0) is 15.4. The molecule has 3 rings (SSSR count). The lowest BCUT2D eigenvalue weighted by molar-refractivity contribution is 0.266. The number of halogens is 1. The van der Waals surface area contributed by atoms with Gasteiger partial charge in [-0.25, -0.2) is 14.4 Å². The van der Waals surface area contributed by atoms with Crippen LogP contribution in [-0.4, -0.2) is 34.3 Å². The Hall–Kier alpha value is -2.21. The third-order valence-corrected chi connectivity index (χ3v) is 3.92. The van der Waals surface area contributed by atoms with Gasteiger partial charge in [0.05, 0.1) is 12.6 Å². The van der Waals surface area contributed by atoms with Crippen molar-refractivity contribution in [3.8, 4) is 0 Å². The highest BCUT2D eigenvalue weighted by atomic mass is 19.1. The van der Waals surface area contributed by atoms with E-state index in [0.29, 0.717) is 6.54 Å². The van der Waals surface area contributed by atoms with E-state index in [1.54, 1.807) is 12.1 Å². The van der Waals surface area contributed by atoms with Crippen molar-refractivity contribution in [3.63, 3.8) is 0 Å². The standard InChI is InChI=1S/C16H19FN4O/c17-13-5-3-12(4-6-13)9-18-15-8-16(20-11-19-15)21-7-1-2-14(21)10-22/h3-6,8,11,14,22H,1-2,7,9-10H2,(H,18,19,20). The molecule has 0 saturated carbocycles. The van der Waals surface area contributed by atoms with Gasteiger partial charge in [0.15, 0.2) is 0 Å². The molecule has 1 saturated heterocycles. The minimum atomic E-state index is -0.239. The Balaban J connectivity index is 1.67. The summed E-state index contributed by atoms with van der Waals surface area (Å²) in [6.45, 7) is 1.61. The second kappa shape index (κ2) is 6.70. The molecule has 6 heteroatoms. The molecule has 1 aromatic carbocycles. The Kier molecular flexibility index (Phi) is 4.48. The molecule has 0 aliphatic carbocycles. The molecule has 2 heterocycles. The number of rotatable bonds is 5. The Labute approximate surface area is 128 Å². The fourth-order valence-electron chi connectivity index (χ4n) is 2.72. The first-order chi connectivity index (χ1) is 10.8. The Morgan fingerprint density at radius 2 is 2.09 bits per heavy atom. The molecule has 2 aromatic rings. The first kappa shape index (κ1) is 14.7. The van der Waals surface area contributed by atoms with Gasteiger partial charge in [-0.15, -0.1) is 0 Å². The number of aliphatic hydroxyl groups is 1. The highest BCUT2D eigenvalue weighted by Gasteiger charge is 2.25. The summed E-state index contributed by atoms with van der Waals surface area (Å²) in [5.41, 5.74) is 0.982. The molecule has 0 spiro atoms. The maximum atomic E-state index is 12.9. The third-order valence-electron chi connectivity index (χ3n) is 3.92. The van der Waals surface area contributed by atoms with Gasteiger partial charge in [0.1, 0.15) is 23.8 Å². The van der Waals surface area contributed by atoms with Gasteiger partial charge in [0.2, 0.25) is 0 Å².